The summed E-state index contributed by atoms with van der Waals surface area (Å²) in [6, 6.07) is 2.88. The van der Waals surface area contributed by atoms with Crippen LogP contribution in [-0.4, -0.2) is 45.4 Å². The van der Waals surface area contributed by atoms with E-state index < -0.39 is 17.5 Å². The van der Waals surface area contributed by atoms with Crippen molar-refractivity contribution >= 4 is 17.5 Å². The molecule has 2 aliphatic heterocycles. The van der Waals surface area contributed by atoms with E-state index in [-0.39, 0.29) is 5.82 Å². The summed E-state index contributed by atoms with van der Waals surface area (Å²) in [6.07, 6.45) is 10.0. The molecule has 0 N–H and O–H groups in total. The van der Waals surface area contributed by atoms with Crippen molar-refractivity contribution in [1.29, 1.82) is 0 Å². The van der Waals surface area contributed by atoms with Gasteiger partial charge in [-0.2, -0.15) is 0 Å². The second-order valence-electron chi connectivity index (χ2n) is 10.2. The molecule has 0 aliphatic carbocycles. The van der Waals surface area contributed by atoms with Crippen LogP contribution in [0.15, 0.2) is 48.0 Å². The van der Waals surface area contributed by atoms with Gasteiger partial charge in [-0.1, -0.05) is 19.9 Å². The molecular weight excluding hydrogens is 450 g/mol. The quantitative estimate of drug-likeness (QED) is 0.503. The van der Waals surface area contributed by atoms with Crippen molar-refractivity contribution in [3.05, 3.63) is 65.8 Å². The number of nitrogens with zero attached hydrogens (tertiary/aromatic N) is 4. The Bertz CT molecular complexity index is 1090. The smallest absolute Gasteiger partial charge is 0.414 e. The largest absolute Gasteiger partial charge is 0.443 e. The summed E-state index contributed by atoms with van der Waals surface area (Å²) in [4.78, 5) is 26.0. The van der Waals surface area contributed by atoms with Crippen LogP contribution in [-0.2, 0) is 4.74 Å². The summed E-state index contributed by atoms with van der Waals surface area (Å²) in [7, 11) is 0. The van der Waals surface area contributed by atoms with E-state index in [0.29, 0.717) is 29.6 Å². The van der Waals surface area contributed by atoms with Crippen molar-refractivity contribution in [2.75, 3.05) is 13.1 Å². The van der Waals surface area contributed by atoms with E-state index in [2.05, 4.69) is 28.8 Å². The standard InChI is InChI=1S/C16H21FN2O2.C11H13FN2/c1-11-5-6-14(12-7-13(17)9-18-8-12)19(10-11)15(20)21-16(2,3)4;1-8-2-3-11(14-5-8)9-4-10(12)7-13-6-9/h6-9,11H,5,10H2,1-4H3;4,6-8H,2-3,5H2,1H3. The number of halogens is 2. The van der Waals surface area contributed by atoms with E-state index in [0.717, 1.165) is 43.3 Å². The normalized spacial score (nSPS) is 20.3. The molecule has 2 unspecified atom stereocenters. The summed E-state index contributed by atoms with van der Waals surface area (Å²) < 4.78 is 31.7. The van der Waals surface area contributed by atoms with Gasteiger partial charge in [-0.05, 0) is 64.0 Å². The summed E-state index contributed by atoms with van der Waals surface area (Å²) in [5, 5.41) is 0. The van der Waals surface area contributed by atoms with Gasteiger partial charge in [-0.25, -0.2) is 13.6 Å². The number of hydrogen-bond acceptors (Lipinski definition) is 5. The van der Waals surface area contributed by atoms with Crippen molar-refractivity contribution < 1.29 is 18.3 Å². The zero-order valence-electron chi connectivity index (χ0n) is 21.1. The van der Waals surface area contributed by atoms with Gasteiger partial charge < -0.3 is 4.74 Å². The third kappa shape index (κ3) is 7.94. The number of allylic oxidation sites excluding steroid dienone is 1. The Balaban J connectivity index is 0.000000211. The maximum absolute atomic E-state index is 13.4. The second kappa shape index (κ2) is 11.5. The highest BCUT2D eigenvalue weighted by Gasteiger charge is 2.29. The molecule has 4 rings (SSSR count). The molecule has 2 aromatic heterocycles. The Labute approximate surface area is 206 Å². The van der Waals surface area contributed by atoms with Crippen LogP contribution in [0.5, 0.6) is 0 Å². The molecule has 0 saturated carbocycles. The van der Waals surface area contributed by atoms with Gasteiger partial charge in [0.2, 0.25) is 0 Å². The van der Waals surface area contributed by atoms with E-state index in [1.165, 1.54) is 18.3 Å². The van der Waals surface area contributed by atoms with Gasteiger partial charge >= 0.3 is 6.09 Å². The molecule has 0 saturated heterocycles. The summed E-state index contributed by atoms with van der Waals surface area (Å²) in [5.41, 5.74) is 2.51. The van der Waals surface area contributed by atoms with Crippen LogP contribution >= 0.6 is 0 Å². The minimum absolute atomic E-state index is 0.288. The minimum Gasteiger partial charge on any atom is -0.443 e. The lowest BCUT2D eigenvalue weighted by Gasteiger charge is -2.33. The summed E-state index contributed by atoms with van der Waals surface area (Å²) >= 11 is 0. The number of carbonyl (C=O) groups excluding carboxylic acids is 1. The molecule has 188 valence electrons. The van der Waals surface area contributed by atoms with Crippen LogP contribution in [0.2, 0.25) is 0 Å². The molecule has 35 heavy (non-hydrogen) atoms. The molecule has 1 amide bonds. The summed E-state index contributed by atoms with van der Waals surface area (Å²) in [5.74, 6) is 0.281. The first-order chi connectivity index (χ1) is 16.5. The SMILES string of the molecule is CC1CC=C(c2cncc(F)c2)N(C(=O)OC(C)(C)C)C1.CC1CCC(c2cncc(F)c2)=NC1. The van der Waals surface area contributed by atoms with Crippen LogP contribution in [0.4, 0.5) is 13.6 Å². The molecule has 8 heteroatoms. The van der Waals surface area contributed by atoms with Crippen molar-refractivity contribution in [1.82, 2.24) is 14.9 Å². The van der Waals surface area contributed by atoms with Crippen molar-refractivity contribution in [2.24, 2.45) is 16.8 Å². The maximum atomic E-state index is 13.4. The van der Waals surface area contributed by atoms with Gasteiger partial charge in [-0.15, -0.1) is 0 Å². The number of ether oxygens (including phenoxy) is 1. The van der Waals surface area contributed by atoms with Crippen LogP contribution in [0.25, 0.3) is 5.70 Å². The third-order valence-corrected chi connectivity index (χ3v) is 5.62. The highest BCUT2D eigenvalue weighted by atomic mass is 19.1. The second-order valence-corrected chi connectivity index (χ2v) is 10.2. The molecule has 2 atom stereocenters. The molecule has 2 aliphatic rings. The molecule has 0 fully saturated rings. The van der Waals surface area contributed by atoms with Gasteiger partial charge in [0.05, 0.1) is 18.1 Å². The number of carbonyl (C=O) groups is 1. The predicted octanol–water partition coefficient (Wildman–Crippen LogP) is 6.28. The minimum atomic E-state index is -0.566. The van der Waals surface area contributed by atoms with Crippen LogP contribution in [0.3, 0.4) is 0 Å². The molecule has 0 aromatic carbocycles. The zero-order chi connectivity index (χ0) is 25.6. The molecular formula is C27H34F2N4O2. The average molecular weight is 485 g/mol. The number of pyridine rings is 2. The Morgan fingerprint density at radius 1 is 1.00 bits per heavy atom. The fourth-order valence-electron chi connectivity index (χ4n) is 3.85. The Morgan fingerprint density at radius 2 is 1.63 bits per heavy atom. The van der Waals surface area contributed by atoms with Crippen molar-refractivity contribution in [3.63, 3.8) is 0 Å². The van der Waals surface area contributed by atoms with E-state index >= 15 is 0 Å². The zero-order valence-corrected chi connectivity index (χ0v) is 21.1. The van der Waals surface area contributed by atoms with Gasteiger partial charge in [0, 0.05) is 42.3 Å². The molecule has 4 heterocycles. The van der Waals surface area contributed by atoms with Crippen LogP contribution in [0, 0.1) is 23.5 Å². The number of hydrogen-bond donors (Lipinski definition) is 0. The third-order valence-electron chi connectivity index (χ3n) is 5.62. The van der Waals surface area contributed by atoms with E-state index in [1.54, 1.807) is 17.3 Å². The lowest BCUT2D eigenvalue weighted by Crippen LogP contribution is -2.39. The fraction of sp³-hybridized carbons (Fsp3) is 0.481. The maximum Gasteiger partial charge on any atom is 0.414 e. The summed E-state index contributed by atoms with van der Waals surface area (Å²) in [6.45, 7) is 11.1. The topological polar surface area (TPSA) is 67.7 Å². The van der Waals surface area contributed by atoms with Gasteiger partial charge in [-0.3, -0.25) is 19.9 Å². The van der Waals surface area contributed by atoms with E-state index in [1.807, 2.05) is 26.8 Å². The molecule has 2 aromatic rings. The fourth-order valence-corrected chi connectivity index (χ4v) is 3.85. The first-order valence-electron chi connectivity index (χ1n) is 12.0. The molecule has 0 spiro atoms. The molecule has 0 bridgehead atoms. The first-order valence-corrected chi connectivity index (χ1v) is 12.0. The van der Waals surface area contributed by atoms with Crippen molar-refractivity contribution in [3.8, 4) is 0 Å². The van der Waals surface area contributed by atoms with Crippen molar-refractivity contribution in [2.45, 2.75) is 59.5 Å². The number of amides is 1. The highest BCUT2D eigenvalue weighted by molar-refractivity contribution is 6.00. The van der Waals surface area contributed by atoms with E-state index in [9.17, 15) is 13.6 Å². The van der Waals surface area contributed by atoms with Gasteiger partial charge in [0.25, 0.3) is 0 Å². The monoisotopic (exact) mass is 484 g/mol. The van der Waals surface area contributed by atoms with Gasteiger partial charge in [0.1, 0.15) is 17.2 Å². The number of aliphatic imine (C=N–C) groups is 1. The predicted molar refractivity (Wildman–Crippen MR) is 133 cm³/mol. The van der Waals surface area contributed by atoms with Crippen LogP contribution < -0.4 is 0 Å². The van der Waals surface area contributed by atoms with Gasteiger partial charge in [0.15, 0.2) is 0 Å². The first kappa shape index (κ1) is 26.4. The molecule has 6 nitrogen and oxygen atoms in total. The lowest BCUT2D eigenvalue weighted by molar-refractivity contribution is 0.0327. The lowest BCUT2D eigenvalue weighted by atomic mass is 9.97. The Kier molecular flexibility index (Phi) is 8.70. The van der Waals surface area contributed by atoms with E-state index in [4.69, 9.17) is 4.74 Å². The Hall–Kier alpha value is -3.16. The van der Waals surface area contributed by atoms with Crippen LogP contribution in [0.1, 0.15) is 65.0 Å². The Morgan fingerprint density at radius 3 is 2.20 bits per heavy atom. The highest BCUT2D eigenvalue weighted by Crippen LogP contribution is 2.29. The average Bonchev–Trinajstić information content (AvgIpc) is 2.79. The molecule has 0 radical (unpaired) electrons. The number of rotatable bonds is 2. The number of aromatic nitrogens is 2.